The van der Waals surface area contributed by atoms with Gasteiger partial charge in [0.1, 0.15) is 6.54 Å². The number of nitrogens with zero attached hydrogens (tertiary/aromatic N) is 1. The number of amides is 1. The maximum atomic E-state index is 11.6. The molecule has 0 atom stereocenters. The second-order valence-corrected chi connectivity index (χ2v) is 5.48. The molecule has 0 saturated carbocycles. The van der Waals surface area contributed by atoms with E-state index in [1.807, 2.05) is 0 Å². The zero-order chi connectivity index (χ0) is 13.9. The van der Waals surface area contributed by atoms with Gasteiger partial charge in [-0.1, -0.05) is 0 Å². The predicted octanol–water partition coefficient (Wildman–Crippen LogP) is -0.426. The molecule has 1 rings (SSSR count). The summed E-state index contributed by atoms with van der Waals surface area (Å²) in [5.41, 5.74) is 4.03. The molecule has 0 aliphatic carbocycles. The van der Waals surface area contributed by atoms with Crippen molar-refractivity contribution < 1.29 is 4.79 Å². The summed E-state index contributed by atoms with van der Waals surface area (Å²) in [7, 11) is 0. The zero-order valence-corrected chi connectivity index (χ0v) is 12.9. The van der Waals surface area contributed by atoms with Crippen molar-refractivity contribution in [1.29, 1.82) is 0 Å². The van der Waals surface area contributed by atoms with Crippen LogP contribution in [0, 0.1) is 0 Å². The van der Waals surface area contributed by atoms with Gasteiger partial charge in [0.15, 0.2) is 0 Å². The topological polar surface area (TPSA) is 110 Å². The standard InChI is InChI=1S/C10H15BrN4O3.ClH/c1-10(2,12)5-13-7(16)4-15-3-6(11)8(17)14-9(15)18;/h3H,4-5,12H2,1-2H3,(H,13,16)(H,14,17,18);1H. The molecule has 0 aromatic carbocycles. The third kappa shape index (κ3) is 6.04. The number of aromatic amines is 1. The van der Waals surface area contributed by atoms with E-state index in [2.05, 4.69) is 26.2 Å². The van der Waals surface area contributed by atoms with Gasteiger partial charge in [0.2, 0.25) is 5.91 Å². The molecule has 0 spiro atoms. The van der Waals surface area contributed by atoms with Crippen LogP contribution in [0.25, 0.3) is 0 Å². The predicted molar refractivity (Wildman–Crippen MR) is 77.5 cm³/mol. The van der Waals surface area contributed by atoms with Crippen LogP contribution in [-0.4, -0.2) is 27.5 Å². The Kier molecular flexibility index (Phi) is 6.47. The number of rotatable bonds is 4. The van der Waals surface area contributed by atoms with Crippen molar-refractivity contribution in [2.45, 2.75) is 25.9 Å². The molecule has 108 valence electrons. The van der Waals surface area contributed by atoms with Gasteiger partial charge in [-0.2, -0.15) is 0 Å². The van der Waals surface area contributed by atoms with Crippen LogP contribution in [0.4, 0.5) is 0 Å². The number of carbonyl (C=O) groups excluding carboxylic acids is 1. The second-order valence-electron chi connectivity index (χ2n) is 4.63. The molecule has 1 aromatic rings. The molecule has 1 heterocycles. The molecule has 1 aromatic heterocycles. The Labute approximate surface area is 124 Å². The SMILES string of the molecule is CC(C)(N)CNC(=O)Cn1cc(Br)c(=O)[nH]c1=O.Cl. The largest absolute Gasteiger partial charge is 0.353 e. The van der Waals surface area contributed by atoms with Crippen molar-refractivity contribution in [3.63, 3.8) is 0 Å². The summed E-state index contributed by atoms with van der Waals surface area (Å²) in [6.45, 7) is 3.67. The summed E-state index contributed by atoms with van der Waals surface area (Å²) in [5, 5.41) is 2.60. The number of hydrogen-bond acceptors (Lipinski definition) is 4. The minimum Gasteiger partial charge on any atom is -0.353 e. The monoisotopic (exact) mass is 354 g/mol. The molecular formula is C10H16BrClN4O3. The summed E-state index contributed by atoms with van der Waals surface area (Å²) >= 11 is 2.99. The Morgan fingerprint density at radius 1 is 1.53 bits per heavy atom. The smallest absolute Gasteiger partial charge is 0.328 e. The third-order valence-corrected chi connectivity index (χ3v) is 2.59. The molecule has 0 bridgehead atoms. The van der Waals surface area contributed by atoms with Crippen molar-refractivity contribution in [3.05, 3.63) is 31.5 Å². The van der Waals surface area contributed by atoms with E-state index in [0.717, 1.165) is 4.57 Å². The highest BCUT2D eigenvalue weighted by Gasteiger charge is 2.13. The highest BCUT2D eigenvalue weighted by atomic mass is 79.9. The van der Waals surface area contributed by atoms with Gasteiger partial charge < -0.3 is 11.1 Å². The van der Waals surface area contributed by atoms with E-state index >= 15 is 0 Å². The van der Waals surface area contributed by atoms with Crippen molar-refractivity contribution in [1.82, 2.24) is 14.9 Å². The van der Waals surface area contributed by atoms with Crippen molar-refractivity contribution >= 4 is 34.2 Å². The van der Waals surface area contributed by atoms with Crippen LogP contribution >= 0.6 is 28.3 Å². The van der Waals surface area contributed by atoms with E-state index in [4.69, 9.17) is 5.73 Å². The molecule has 0 unspecified atom stereocenters. The number of nitrogens with one attached hydrogen (secondary N) is 2. The fourth-order valence-electron chi connectivity index (χ4n) is 1.14. The highest BCUT2D eigenvalue weighted by molar-refractivity contribution is 9.10. The van der Waals surface area contributed by atoms with Crippen LogP contribution in [0.5, 0.6) is 0 Å². The highest BCUT2D eigenvalue weighted by Crippen LogP contribution is 1.98. The van der Waals surface area contributed by atoms with E-state index < -0.39 is 16.8 Å². The average Bonchev–Trinajstić information content (AvgIpc) is 2.22. The molecular weight excluding hydrogens is 339 g/mol. The van der Waals surface area contributed by atoms with Crippen molar-refractivity contribution in [2.24, 2.45) is 5.73 Å². The van der Waals surface area contributed by atoms with Gasteiger partial charge in [0.25, 0.3) is 5.56 Å². The first-order valence-electron chi connectivity index (χ1n) is 5.24. The third-order valence-electron chi connectivity index (χ3n) is 2.02. The van der Waals surface area contributed by atoms with Crippen molar-refractivity contribution in [2.75, 3.05) is 6.54 Å². The van der Waals surface area contributed by atoms with Gasteiger partial charge in [-0.05, 0) is 29.8 Å². The summed E-state index contributed by atoms with van der Waals surface area (Å²) in [4.78, 5) is 36.2. The van der Waals surface area contributed by atoms with Gasteiger partial charge in [-0.3, -0.25) is 19.1 Å². The normalized spacial score (nSPS) is 10.7. The lowest BCUT2D eigenvalue weighted by atomic mass is 10.1. The summed E-state index contributed by atoms with van der Waals surface area (Å²) < 4.78 is 1.29. The Hall–Kier alpha value is -1.12. The number of halogens is 2. The van der Waals surface area contributed by atoms with Crippen LogP contribution in [-0.2, 0) is 11.3 Å². The van der Waals surface area contributed by atoms with Crippen LogP contribution in [0.15, 0.2) is 20.3 Å². The molecule has 0 aliphatic rings. The minimum atomic E-state index is -0.634. The zero-order valence-electron chi connectivity index (χ0n) is 10.5. The molecule has 0 radical (unpaired) electrons. The molecule has 0 aliphatic heterocycles. The van der Waals surface area contributed by atoms with Gasteiger partial charge in [0, 0.05) is 18.3 Å². The van der Waals surface area contributed by atoms with Crippen LogP contribution < -0.4 is 22.3 Å². The summed E-state index contributed by atoms with van der Waals surface area (Å²) in [6, 6.07) is 0. The van der Waals surface area contributed by atoms with Crippen LogP contribution in [0.1, 0.15) is 13.8 Å². The Balaban J connectivity index is 0.00000324. The van der Waals surface area contributed by atoms with E-state index in [1.165, 1.54) is 6.20 Å². The Bertz CT molecular complexity index is 561. The van der Waals surface area contributed by atoms with E-state index in [9.17, 15) is 14.4 Å². The first-order valence-corrected chi connectivity index (χ1v) is 6.03. The lowest BCUT2D eigenvalue weighted by Gasteiger charge is -2.19. The fraction of sp³-hybridized carbons (Fsp3) is 0.500. The Morgan fingerprint density at radius 3 is 2.63 bits per heavy atom. The Morgan fingerprint density at radius 2 is 2.11 bits per heavy atom. The number of carbonyl (C=O) groups is 1. The molecule has 9 heteroatoms. The van der Waals surface area contributed by atoms with Crippen LogP contribution in [0.2, 0.25) is 0 Å². The first kappa shape index (κ1) is 17.9. The lowest BCUT2D eigenvalue weighted by molar-refractivity contribution is -0.121. The fourth-order valence-corrected chi connectivity index (χ4v) is 1.48. The number of nitrogens with two attached hydrogens (primary N) is 1. The molecule has 7 nitrogen and oxygen atoms in total. The number of H-pyrrole nitrogens is 1. The average molecular weight is 356 g/mol. The summed E-state index contributed by atoms with van der Waals surface area (Å²) in [6.07, 6.45) is 1.27. The van der Waals surface area contributed by atoms with Crippen molar-refractivity contribution in [3.8, 4) is 0 Å². The van der Waals surface area contributed by atoms with Gasteiger partial charge in [-0.15, -0.1) is 12.4 Å². The molecule has 19 heavy (non-hydrogen) atoms. The second kappa shape index (κ2) is 6.88. The minimum absolute atomic E-state index is 0. The van der Waals surface area contributed by atoms with Gasteiger partial charge in [0.05, 0.1) is 4.47 Å². The molecule has 1 amide bonds. The maximum Gasteiger partial charge on any atom is 0.328 e. The van der Waals surface area contributed by atoms with Gasteiger partial charge >= 0.3 is 5.69 Å². The van der Waals surface area contributed by atoms with E-state index in [-0.39, 0.29) is 29.3 Å². The first-order chi connectivity index (χ1) is 8.19. The molecule has 4 N–H and O–H groups in total. The quantitative estimate of drug-likeness (QED) is 0.681. The molecule has 0 saturated heterocycles. The summed E-state index contributed by atoms with van der Waals surface area (Å²) in [5.74, 6) is -0.352. The number of aromatic nitrogens is 2. The maximum absolute atomic E-state index is 11.6. The number of hydrogen-bond donors (Lipinski definition) is 3. The van der Waals surface area contributed by atoms with E-state index in [1.54, 1.807) is 13.8 Å². The van der Waals surface area contributed by atoms with E-state index in [0.29, 0.717) is 6.54 Å². The van der Waals surface area contributed by atoms with Crippen LogP contribution in [0.3, 0.4) is 0 Å². The lowest BCUT2D eigenvalue weighted by Crippen LogP contribution is -2.46. The molecule has 0 fully saturated rings. The van der Waals surface area contributed by atoms with Gasteiger partial charge in [-0.25, -0.2) is 4.79 Å².